The Balaban J connectivity index is 0.000000587. The Morgan fingerprint density at radius 2 is 1.41 bits per heavy atom. The summed E-state index contributed by atoms with van der Waals surface area (Å²) in [6.07, 6.45) is -2.02. The molecule has 1 amide bonds. The van der Waals surface area contributed by atoms with Crippen LogP contribution in [0, 0.1) is 0 Å². The zero-order valence-corrected chi connectivity index (χ0v) is 22.5. The smallest absolute Gasteiger partial charge is 0.478 e. The number of aromatic carboxylic acids is 1. The molecule has 4 rings (SSSR count). The Bertz CT molecular complexity index is 1180. The zero-order valence-electron chi connectivity index (χ0n) is 22.5. The van der Waals surface area contributed by atoms with E-state index < -0.39 is 18.1 Å². The second-order valence-electron chi connectivity index (χ2n) is 9.60. The van der Waals surface area contributed by atoms with Gasteiger partial charge in [-0.3, -0.25) is 14.7 Å². The first kappa shape index (κ1) is 31.4. The summed E-state index contributed by atoms with van der Waals surface area (Å²) in [6, 6.07) is 17.0. The van der Waals surface area contributed by atoms with Gasteiger partial charge in [0.15, 0.2) is 5.96 Å². The van der Waals surface area contributed by atoms with Gasteiger partial charge < -0.3 is 25.3 Å². The topological polar surface area (TPSA) is 126 Å². The highest BCUT2D eigenvalue weighted by atomic mass is 19.4. The third-order valence-electron chi connectivity index (χ3n) is 6.62. The largest absolute Gasteiger partial charge is 0.490 e. The average Bonchev–Trinajstić information content (AvgIpc) is 3.49. The second kappa shape index (κ2) is 15.0. The number of rotatable bonds is 7. The molecule has 2 saturated heterocycles. The van der Waals surface area contributed by atoms with Crippen LogP contribution in [-0.2, 0) is 16.0 Å². The molecule has 0 atom stereocenters. The van der Waals surface area contributed by atoms with E-state index in [0.29, 0.717) is 13.1 Å². The van der Waals surface area contributed by atoms with Gasteiger partial charge in [-0.2, -0.15) is 13.2 Å². The van der Waals surface area contributed by atoms with Gasteiger partial charge in [0, 0.05) is 51.5 Å². The summed E-state index contributed by atoms with van der Waals surface area (Å²) in [5.74, 6) is -2.68. The first-order valence-corrected chi connectivity index (χ1v) is 13.3. The number of alkyl halides is 3. The number of hydrogen-bond acceptors (Lipinski definition) is 5. The number of halogens is 3. The quantitative estimate of drug-likeness (QED) is 0.338. The van der Waals surface area contributed by atoms with Crippen LogP contribution in [0.3, 0.4) is 0 Å². The zero-order chi connectivity index (χ0) is 29.8. The van der Waals surface area contributed by atoms with E-state index in [1.165, 1.54) is 5.56 Å². The van der Waals surface area contributed by atoms with Gasteiger partial charge >= 0.3 is 18.1 Å². The molecule has 10 nitrogen and oxygen atoms in total. The monoisotopic (exact) mass is 577 g/mol. The molecule has 2 fully saturated rings. The molecule has 0 radical (unpaired) electrons. The summed E-state index contributed by atoms with van der Waals surface area (Å²) in [4.78, 5) is 43.9. The molecule has 0 bridgehead atoms. The fraction of sp³-hybridized carbons (Fsp3) is 0.429. The molecule has 2 heterocycles. The molecule has 2 aromatic carbocycles. The molecule has 41 heavy (non-hydrogen) atoms. The molecule has 13 heteroatoms. The number of likely N-dealkylation sites (tertiary alicyclic amines) is 1. The van der Waals surface area contributed by atoms with E-state index in [1.807, 2.05) is 23.1 Å². The number of aliphatic carboxylic acids is 1. The van der Waals surface area contributed by atoms with Gasteiger partial charge in [-0.25, -0.2) is 9.59 Å². The van der Waals surface area contributed by atoms with Gasteiger partial charge in [0.1, 0.15) is 0 Å². The van der Waals surface area contributed by atoms with Crippen molar-refractivity contribution in [2.75, 3.05) is 57.7 Å². The first-order chi connectivity index (χ1) is 19.5. The first-order valence-electron chi connectivity index (χ1n) is 13.3. The van der Waals surface area contributed by atoms with Crippen LogP contribution in [0.2, 0.25) is 0 Å². The van der Waals surface area contributed by atoms with Crippen LogP contribution in [-0.4, -0.2) is 107 Å². The van der Waals surface area contributed by atoms with Gasteiger partial charge in [0.25, 0.3) is 0 Å². The third kappa shape index (κ3) is 10.4. The van der Waals surface area contributed by atoms with Crippen LogP contribution in [0.25, 0.3) is 0 Å². The molecule has 0 aliphatic carbocycles. The van der Waals surface area contributed by atoms with Crippen LogP contribution in [0.1, 0.15) is 28.8 Å². The van der Waals surface area contributed by atoms with Gasteiger partial charge in [-0.15, -0.1) is 0 Å². The van der Waals surface area contributed by atoms with Crippen molar-refractivity contribution in [1.82, 2.24) is 14.7 Å². The van der Waals surface area contributed by atoms with Crippen molar-refractivity contribution < 1.29 is 37.8 Å². The minimum absolute atomic E-state index is 0.236. The number of carboxylic acids is 2. The number of nitrogens with zero attached hydrogens (tertiary/aromatic N) is 4. The van der Waals surface area contributed by atoms with E-state index in [1.54, 1.807) is 24.3 Å². The summed E-state index contributed by atoms with van der Waals surface area (Å²) in [7, 11) is 0. The second-order valence-corrected chi connectivity index (χ2v) is 9.60. The maximum atomic E-state index is 12.5. The average molecular weight is 578 g/mol. The Hall–Kier alpha value is -4.13. The molecule has 2 aliphatic heterocycles. The maximum absolute atomic E-state index is 12.5. The van der Waals surface area contributed by atoms with E-state index >= 15 is 0 Å². The molecular weight excluding hydrogens is 543 g/mol. The van der Waals surface area contributed by atoms with E-state index in [0.717, 1.165) is 70.2 Å². The Morgan fingerprint density at radius 1 is 0.829 bits per heavy atom. The molecule has 3 N–H and O–H groups in total. The highest BCUT2D eigenvalue weighted by molar-refractivity contribution is 5.94. The predicted octanol–water partition coefficient (Wildman–Crippen LogP) is 3.27. The van der Waals surface area contributed by atoms with Gasteiger partial charge in [-0.1, -0.05) is 30.3 Å². The van der Waals surface area contributed by atoms with Crippen LogP contribution < -0.4 is 5.32 Å². The number of amides is 1. The van der Waals surface area contributed by atoms with E-state index in [9.17, 15) is 22.8 Å². The number of piperazine rings is 1. The van der Waals surface area contributed by atoms with E-state index in [4.69, 9.17) is 20.0 Å². The Labute approximate surface area is 236 Å². The highest BCUT2D eigenvalue weighted by Crippen LogP contribution is 2.14. The minimum Gasteiger partial charge on any atom is -0.478 e. The lowest BCUT2D eigenvalue weighted by atomic mass is 10.2. The normalized spacial score (nSPS) is 16.1. The van der Waals surface area contributed by atoms with E-state index in [-0.39, 0.29) is 11.5 Å². The third-order valence-corrected chi connectivity index (χ3v) is 6.62. The fourth-order valence-corrected chi connectivity index (χ4v) is 4.36. The summed E-state index contributed by atoms with van der Waals surface area (Å²) in [5, 5.41) is 19.7. The van der Waals surface area contributed by atoms with E-state index in [2.05, 4.69) is 27.2 Å². The van der Waals surface area contributed by atoms with Gasteiger partial charge in [-0.05, 0) is 49.1 Å². The Kier molecular flexibility index (Phi) is 11.5. The fourth-order valence-electron chi connectivity index (χ4n) is 4.36. The summed E-state index contributed by atoms with van der Waals surface area (Å²) >= 11 is 0. The number of hydrogen-bond donors (Lipinski definition) is 3. The summed E-state index contributed by atoms with van der Waals surface area (Å²) in [5.41, 5.74) is 2.29. The lowest BCUT2D eigenvalue weighted by Crippen LogP contribution is -2.52. The number of carbonyl (C=O) groups excluding carboxylic acids is 1. The number of carbonyl (C=O) groups is 3. The lowest BCUT2D eigenvalue weighted by molar-refractivity contribution is -0.192. The summed E-state index contributed by atoms with van der Waals surface area (Å²) in [6.45, 7) is 6.07. The predicted molar refractivity (Wildman–Crippen MR) is 147 cm³/mol. The molecular formula is C28H34F3N5O5. The Morgan fingerprint density at radius 3 is 1.95 bits per heavy atom. The molecule has 222 valence electrons. The van der Waals surface area contributed by atoms with Crippen molar-refractivity contribution in [2.45, 2.75) is 25.4 Å². The standard InChI is InChI=1S/C26H33N5O3.C2HF3O2/c32-24(30-14-4-5-15-30)20-29-16-18-31(19-17-29)26(27-13-12-21-6-2-1-3-7-21)28-23-10-8-22(9-11-23)25(33)34;3-2(4,5)1(6)7/h1-3,6-11H,4-5,12-20H2,(H,27,28)(H,33,34);(H,6,7). The number of aliphatic imine (C=N–C) groups is 1. The van der Waals surface area contributed by atoms with Crippen LogP contribution in [0.4, 0.5) is 18.9 Å². The number of anilines is 1. The number of benzene rings is 2. The molecule has 2 aliphatic rings. The maximum Gasteiger partial charge on any atom is 0.490 e. The van der Waals surface area contributed by atoms with Crippen molar-refractivity contribution in [1.29, 1.82) is 0 Å². The number of carboxylic acid groups (broad SMARTS) is 2. The highest BCUT2D eigenvalue weighted by Gasteiger charge is 2.38. The van der Waals surface area contributed by atoms with Crippen molar-refractivity contribution in [3.8, 4) is 0 Å². The molecule has 0 aromatic heterocycles. The lowest BCUT2D eigenvalue weighted by Gasteiger charge is -2.36. The SMILES string of the molecule is O=C(O)C(F)(F)F.O=C(O)c1ccc(NC(=NCCc2ccccc2)N2CCN(CC(=O)N3CCCC3)CC2)cc1. The molecule has 0 spiro atoms. The summed E-state index contributed by atoms with van der Waals surface area (Å²) < 4.78 is 31.7. The van der Waals surface area contributed by atoms with Crippen molar-refractivity contribution >= 4 is 29.5 Å². The minimum atomic E-state index is -5.08. The van der Waals surface area contributed by atoms with Crippen LogP contribution in [0.5, 0.6) is 0 Å². The molecule has 0 saturated carbocycles. The number of nitrogens with one attached hydrogen (secondary N) is 1. The van der Waals surface area contributed by atoms with Crippen molar-refractivity contribution in [3.63, 3.8) is 0 Å². The molecule has 0 unspecified atom stereocenters. The van der Waals surface area contributed by atoms with Crippen molar-refractivity contribution in [2.24, 2.45) is 4.99 Å². The molecule has 2 aromatic rings. The van der Waals surface area contributed by atoms with Gasteiger partial charge in [0.2, 0.25) is 5.91 Å². The van der Waals surface area contributed by atoms with Crippen LogP contribution in [0.15, 0.2) is 59.6 Å². The van der Waals surface area contributed by atoms with Gasteiger partial charge in [0.05, 0.1) is 12.1 Å². The van der Waals surface area contributed by atoms with Crippen LogP contribution >= 0.6 is 0 Å². The van der Waals surface area contributed by atoms with Crippen molar-refractivity contribution in [3.05, 3.63) is 65.7 Å². The number of guanidine groups is 1.